The number of benzene rings is 3. The average molecular weight is 486 g/mol. The first-order valence-corrected chi connectivity index (χ1v) is 11.6. The van der Waals surface area contributed by atoms with Gasteiger partial charge in [-0.05, 0) is 55.3 Å². The van der Waals surface area contributed by atoms with E-state index in [-0.39, 0.29) is 5.91 Å². The summed E-state index contributed by atoms with van der Waals surface area (Å²) in [7, 11) is 3.26. The predicted molar refractivity (Wildman–Crippen MR) is 139 cm³/mol. The van der Waals surface area contributed by atoms with E-state index in [1.54, 1.807) is 44.8 Å². The molecule has 0 radical (unpaired) electrons. The number of aryl methyl sites for hydroxylation is 1. The van der Waals surface area contributed by atoms with Crippen molar-refractivity contribution in [2.75, 3.05) is 32.8 Å². The van der Waals surface area contributed by atoms with Crippen molar-refractivity contribution in [1.82, 2.24) is 0 Å². The molecule has 2 heterocycles. The quantitative estimate of drug-likeness (QED) is 0.326. The molecule has 0 bridgehead atoms. The summed E-state index contributed by atoms with van der Waals surface area (Å²) in [5.41, 5.74) is 5.77. The molecule has 1 amide bonds. The van der Waals surface area contributed by atoms with Crippen LogP contribution in [-0.2, 0) is 4.79 Å². The van der Waals surface area contributed by atoms with Crippen molar-refractivity contribution in [3.05, 3.63) is 72.0 Å². The lowest BCUT2D eigenvalue weighted by Crippen LogP contribution is -2.16. The average Bonchev–Trinajstić information content (AvgIpc) is 3.33. The number of fused-ring (bicyclic) bond motifs is 2. The topological polar surface area (TPSA) is 79.2 Å². The van der Waals surface area contributed by atoms with Gasteiger partial charge in [0.1, 0.15) is 30.3 Å². The summed E-state index contributed by atoms with van der Waals surface area (Å²) in [6, 6.07) is 15.2. The van der Waals surface area contributed by atoms with Gasteiger partial charge in [-0.1, -0.05) is 12.1 Å². The van der Waals surface area contributed by atoms with E-state index in [2.05, 4.69) is 5.32 Å². The predicted octanol–water partition coefficient (Wildman–Crippen LogP) is 6.24. The third-order valence-electron chi connectivity index (χ3n) is 6.23. The van der Waals surface area contributed by atoms with E-state index in [1.165, 1.54) is 0 Å². The molecular formula is C29H27NO6. The van der Waals surface area contributed by atoms with E-state index in [9.17, 15) is 4.79 Å². The summed E-state index contributed by atoms with van der Waals surface area (Å²) in [4.78, 5) is 12.9. The Labute approximate surface area is 209 Å². The Balaban J connectivity index is 1.48. The highest BCUT2D eigenvalue weighted by atomic mass is 16.6. The number of methoxy groups -OCH3 is 2. The maximum atomic E-state index is 12.9. The van der Waals surface area contributed by atoms with Gasteiger partial charge < -0.3 is 28.7 Å². The molecule has 7 nitrogen and oxygen atoms in total. The Kier molecular flexibility index (Phi) is 6.29. The van der Waals surface area contributed by atoms with Crippen molar-refractivity contribution in [3.8, 4) is 34.1 Å². The molecule has 7 heteroatoms. The SMILES string of the molecule is COc1ccc(-c2coc3c(C)c(OC)c(/C(C)=C/C(=O)Nc4ccc5c(c4)OCCO5)cc23)cc1. The van der Waals surface area contributed by atoms with Crippen LogP contribution in [0.2, 0.25) is 0 Å². The Hall–Kier alpha value is -4.39. The molecule has 0 saturated carbocycles. The zero-order chi connectivity index (χ0) is 25.2. The first-order chi connectivity index (χ1) is 17.5. The standard InChI is InChI=1S/C29H27NO6/c1-17(13-27(31)30-20-7-10-25-26(14-20)35-12-11-34-25)22-15-23-24(19-5-8-21(32-3)9-6-19)16-36-29(23)18(2)28(22)33-4/h5-10,13-16H,11-12H2,1-4H3,(H,30,31)/b17-13+. The molecule has 0 atom stereocenters. The van der Waals surface area contributed by atoms with Crippen LogP contribution in [0.1, 0.15) is 18.1 Å². The maximum absolute atomic E-state index is 12.9. The second-order valence-electron chi connectivity index (χ2n) is 8.51. The van der Waals surface area contributed by atoms with Crippen LogP contribution in [0.4, 0.5) is 5.69 Å². The van der Waals surface area contributed by atoms with Gasteiger partial charge in [-0.15, -0.1) is 0 Å². The van der Waals surface area contributed by atoms with Gasteiger partial charge in [-0.25, -0.2) is 0 Å². The van der Waals surface area contributed by atoms with Crippen LogP contribution in [0.25, 0.3) is 27.7 Å². The van der Waals surface area contributed by atoms with Crippen molar-refractivity contribution in [3.63, 3.8) is 0 Å². The Bertz CT molecular complexity index is 1470. The van der Waals surface area contributed by atoms with Gasteiger partial charge >= 0.3 is 0 Å². The number of allylic oxidation sites excluding steroid dienone is 1. The number of hydrogen-bond acceptors (Lipinski definition) is 6. The normalized spacial score (nSPS) is 12.9. The number of nitrogens with one attached hydrogen (secondary N) is 1. The Morgan fingerprint density at radius 1 is 0.972 bits per heavy atom. The molecule has 3 aromatic carbocycles. The molecule has 0 saturated heterocycles. The van der Waals surface area contributed by atoms with Crippen LogP contribution in [-0.4, -0.2) is 33.3 Å². The number of carbonyl (C=O) groups is 1. The molecule has 0 spiro atoms. The Morgan fingerprint density at radius 3 is 2.44 bits per heavy atom. The second kappa shape index (κ2) is 9.70. The largest absolute Gasteiger partial charge is 0.497 e. The molecule has 4 aromatic rings. The van der Waals surface area contributed by atoms with Crippen LogP contribution < -0.4 is 24.3 Å². The minimum absolute atomic E-state index is 0.258. The fraction of sp³-hybridized carbons (Fsp3) is 0.207. The summed E-state index contributed by atoms with van der Waals surface area (Å²) < 4.78 is 28.1. The third-order valence-corrected chi connectivity index (χ3v) is 6.23. The van der Waals surface area contributed by atoms with Crippen LogP contribution in [0.3, 0.4) is 0 Å². The molecule has 184 valence electrons. The van der Waals surface area contributed by atoms with Crippen LogP contribution in [0, 0.1) is 6.92 Å². The van der Waals surface area contributed by atoms with Gasteiger partial charge in [0.25, 0.3) is 0 Å². The first kappa shape index (κ1) is 23.4. The lowest BCUT2D eigenvalue weighted by molar-refractivity contribution is -0.111. The third kappa shape index (κ3) is 4.35. The molecule has 5 rings (SSSR count). The highest BCUT2D eigenvalue weighted by Gasteiger charge is 2.19. The maximum Gasteiger partial charge on any atom is 0.248 e. The molecule has 1 N–H and O–H groups in total. The van der Waals surface area contributed by atoms with Crippen molar-refractivity contribution in [1.29, 1.82) is 0 Å². The number of anilines is 1. The lowest BCUT2D eigenvalue weighted by atomic mass is 9.96. The minimum Gasteiger partial charge on any atom is -0.497 e. The van der Waals surface area contributed by atoms with E-state index in [0.29, 0.717) is 36.1 Å². The Morgan fingerprint density at radius 2 is 1.72 bits per heavy atom. The monoisotopic (exact) mass is 485 g/mol. The van der Waals surface area contributed by atoms with Gasteiger partial charge in [0.2, 0.25) is 5.91 Å². The molecule has 1 aliphatic rings. The molecular weight excluding hydrogens is 458 g/mol. The zero-order valence-corrected chi connectivity index (χ0v) is 20.6. The second-order valence-corrected chi connectivity index (χ2v) is 8.51. The zero-order valence-electron chi connectivity index (χ0n) is 20.6. The summed E-state index contributed by atoms with van der Waals surface area (Å²) >= 11 is 0. The van der Waals surface area contributed by atoms with Crippen molar-refractivity contribution < 1.29 is 28.2 Å². The van der Waals surface area contributed by atoms with Crippen LogP contribution in [0.15, 0.2) is 65.3 Å². The fourth-order valence-electron chi connectivity index (χ4n) is 4.44. The van der Waals surface area contributed by atoms with Crippen LogP contribution in [0.5, 0.6) is 23.0 Å². The molecule has 0 unspecified atom stereocenters. The molecule has 36 heavy (non-hydrogen) atoms. The number of amides is 1. The van der Waals surface area contributed by atoms with E-state index >= 15 is 0 Å². The van der Waals surface area contributed by atoms with Gasteiger partial charge in [0.05, 0.1) is 20.5 Å². The van der Waals surface area contributed by atoms with Gasteiger partial charge in [-0.3, -0.25) is 4.79 Å². The number of carbonyl (C=O) groups excluding carboxylic acids is 1. The number of rotatable bonds is 6. The first-order valence-electron chi connectivity index (χ1n) is 11.6. The van der Waals surface area contributed by atoms with E-state index in [1.807, 2.05) is 44.2 Å². The van der Waals surface area contributed by atoms with Gasteiger partial charge in [-0.2, -0.15) is 0 Å². The highest BCUT2D eigenvalue weighted by Crippen LogP contribution is 2.41. The van der Waals surface area contributed by atoms with E-state index in [4.69, 9.17) is 23.4 Å². The molecule has 0 fully saturated rings. The van der Waals surface area contributed by atoms with Crippen molar-refractivity contribution in [2.24, 2.45) is 0 Å². The fourth-order valence-corrected chi connectivity index (χ4v) is 4.44. The summed E-state index contributed by atoms with van der Waals surface area (Å²) in [5.74, 6) is 2.49. The smallest absolute Gasteiger partial charge is 0.248 e. The summed E-state index contributed by atoms with van der Waals surface area (Å²) in [6.45, 7) is 4.84. The van der Waals surface area contributed by atoms with Gasteiger partial charge in [0, 0.05) is 39.9 Å². The summed E-state index contributed by atoms with van der Waals surface area (Å²) in [5, 5.41) is 3.84. The molecule has 1 aromatic heterocycles. The molecule has 1 aliphatic heterocycles. The number of ether oxygens (including phenoxy) is 4. The van der Waals surface area contributed by atoms with Gasteiger partial charge in [0.15, 0.2) is 11.5 Å². The number of hydrogen-bond donors (Lipinski definition) is 1. The van der Waals surface area contributed by atoms with Crippen LogP contribution >= 0.6 is 0 Å². The molecule has 0 aliphatic carbocycles. The highest BCUT2D eigenvalue weighted by molar-refractivity contribution is 6.06. The lowest BCUT2D eigenvalue weighted by Gasteiger charge is -2.18. The minimum atomic E-state index is -0.258. The number of furan rings is 1. The van der Waals surface area contributed by atoms with E-state index < -0.39 is 0 Å². The summed E-state index contributed by atoms with van der Waals surface area (Å²) in [6.07, 6.45) is 3.31. The van der Waals surface area contributed by atoms with Crippen molar-refractivity contribution >= 4 is 28.1 Å². The van der Waals surface area contributed by atoms with Crippen molar-refractivity contribution in [2.45, 2.75) is 13.8 Å². The van der Waals surface area contributed by atoms with E-state index in [0.717, 1.165) is 44.5 Å².